The van der Waals surface area contributed by atoms with Crippen LogP contribution in [0.1, 0.15) is 5.89 Å². The van der Waals surface area contributed by atoms with Gasteiger partial charge in [-0.25, -0.2) is 4.98 Å². The summed E-state index contributed by atoms with van der Waals surface area (Å²) in [7, 11) is 0. The molecule has 2 heterocycles. The predicted octanol–water partition coefficient (Wildman–Crippen LogP) is 0.671. The van der Waals surface area contributed by atoms with Crippen LogP contribution in [0.15, 0.2) is 22.6 Å². The van der Waals surface area contributed by atoms with Crippen molar-refractivity contribution < 1.29 is 24.5 Å². The van der Waals surface area contributed by atoms with Crippen LogP contribution < -0.4 is 4.74 Å². The minimum absolute atomic E-state index is 0.302. The fraction of sp³-hybridized carbons (Fsp3) is 0.462. The number of benzene rings is 1. The van der Waals surface area contributed by atoms with Gasteiger partial charge in [-0.05, 0) is 12.1 Å². The first-order valence-electron chi connectivity index (χ1n) is 6.25. The second kappa shape index (κ2) is 5.25. The number of hydrogen-bond acceptors (Lipinski definition) is 7. The van der Waals surface area contributed by atoms with E-state index in [0.717, 1.165) is 0 Å². The first-order chi connectivity index (χ1) is 9.56. The molecule has 1 aliphatic rings. The van der Waals surface area contributed by atoms with E-state index in [1.54, 1.807) is 25.1 Å². The molecule has 0 saturated carbocycles. The van der Waals surface area contributed by atoms with Crippen molar-refractivity contribution in [3.05, 3.63) is 24.1 Å². The Morgan fingerprint density at radius 3 is 2.90 bits per heavy atom. The third-order valence-corrected chi connectivity index (χ3v) is 4.42. The minimum atomic E-state index is -1.21. The van der Waals surface area contributed by atoms with Gasteiger partial charge in [-0.3, -0.25) is 0 Å². The van der Waals surface area contributed by atoms with Crippen LogP contribution in [-0.2, 0) is 0 Å². The van der Waals surface area contributed by atoms with Gasteiger partial charge in [0, 0.05) is 12.7 Å². The molecule has 1 fully saturated rings. The summed E-state index contributed by atoms with van der Waals surface area (Å²) in [4.78, 5) is 4.24. The Labute approximate surface area is 119 Å². The van der Waals surface area contributed by atoms with Gasteiger partial charge in [0.25, 0.3) is 0 Å². The average molecular weight is 297 g/mol. The highest BCUT2D eigenvalue weighted by atomic mass is 32.2. The Morgan fingerprint density at radius 1 is 1.30 bits per heavy atom. The lowest BCUT2D eigenvalue weighted by Crippen LogP contribution is -2.50. The summed E-state index contributed by atoms with van der Waals surface area (Å²) in [5, 5.41) is 29.1. The second-order valence-corrected chi connectivity index (χ2v) is 5.84. The number of hydrogen-bond donors (Lipinski definition) is 3. The van der Waals surface area contributed by atoms with Crippen LogP contribution in [0.25, 0.3) is 11.1 Å². The molecule has 4 atom stereocenters. The Balaban J connectivity index is 1.86. The molecule has 1 aromatic heterocycles. The molecular weight excluding hydrogens is 282 g/mol. The third-order valence-electron chi connectivity index (χ3n) is 3.19. The zero-order valence-electron chi connectivity index (χ0n) is 10.8. The van der Waals surface area contributed by atoms with Crippen LogP contribution in [0.4, 0.5) is 0 Å². The lowest BCUT2D eigenvalue weighted by Gasteiger charge is -2.34. The SMILES string of the molecule is Cc1nc2c(O[C@H]3SC[C@@H](O)[C@H](O)[C@H]3O)cccc2o1. The van der Waals surface area contributed by atoms with Crippen LogP contribution in [0.3, 0.4) is 0 Å². The van der Waals surface area contributed by atoms with Crippen LogP contribution in [0, 0.1) is 6.92 Å². The molecule has 3 N–H and O–H groups in total. The minimum Gasteiger partial charge on any atom is -0.475 e. The number of aliphatic hydroxyl groups excluding tert-OH is 3. The molecule has 1 aliphatic heterocycles. The van der Waals surface area contributed by atoms with E-state index in [1.807, 2.05) is 0 Å². The Kier molecular flexibility index (Phi) is 3.59. The molecule has 7 heteroatoms. The monoisotopic (exact) mass is 297 g/mol. The molecule has 20 heavy (non-hydrogen) atoms. The molecule has 0 unspecified atom stereocenters. The van der Waals surface area contributed by atoms with Crippen LogP contribution >= 0.6 is 11.8 Å². The first kappa shape index (κ1) is 13.7. The van der Waals surface area contributed by atoms with Gasteiger partial charge in [-0.1, -0.05) is 6.07 Å². The van der Waals surface area contributed by atoms with E-state index < -0.39 is 23.7 Å². The number of nitrogens with zero attached hydrogens (tertiary/aromatic N) is 1. The van der Waals surface area contributed by atoms with Crippen molar-refractivity contribution in [2.45, 2.75) is 30.7 Å². The van der Waals surface area contributed by atoms with Crippen LogP contribution in [0.5, 0.6) is 5.75 Å². The highest BCUT2D eigenvalue weighted by Crippen LogP contribution is 2.32. The van der Waals surface area contributed by atoms with E-state index in [9.17, 15) is 15.3 Å². The van der Waals surface area contributed by atoms with Gasteiger partial charge < -0.3 is 24.5 Å². The Morgan fingerprint density at radius 2 is 2.10 bits per heavy atom. The number of thioether (sulfide) groups is 1. The number of aromatic nitrogens is 1. The van der Waals surface area contributed by atoms with E-state index in [-0.39, 0.29) is 0 Å². The zero-order valence-corrected chi connectivity index (χ0v) is 11.6. The van der Waals surface area contributed by atoms with Crippen molar-refractivity contribution in [3.63, 3.8) is 0 Å². The molecular formula is C13H15NO5S. The maximum Gasteiger partial charge on any atom is 0.192 e. The first-order valence-corrected chi connectivity index (χ1v) is 7.30. The number of aryl methyl sites for hydroxylation is 1. The number of para-hydroxylation sites is 1. The van der Waals surface area contributed by atoms with E-state index in [2.05, 4.69) is 4.98 Å². The summed E-state index contributed by atoms with van der Waals surface area (Å²) in [6.07, 6.45) is -3.31. The molecule has 1 aromatic carbocycles. The van der Waals surface area contributed by atoms with Gasteiger partial charge in [0.1, 0.15) is 12.2 Å². The van der Waals surface area contributed by atoms with Gasteiger partial charge in [-0.15, -0.1) is 11.8 Å². The number of oxazole rings is 1. The molecule has 0 bridgehead atoms. The molecule has 3 rings (SSSR count). The fourth-order valence-electron chi connectivity index (χ4n) is 2.14. The van der Waals surface area contributed by atoms with Crippen molar-refractivity contribution in [3.8, 4) is 5.75 Å². The number of ether oxygens (including phenoxy) is 1. The molecule has 1 saturated heterocycles. The standard InChI is InChI=1S/C13H15NO5S/c1-6-14-10-8(18-6)3-2-4-9(10)19-13-12(17)11(16)7(15)5-20-13/h2-4,7,11-13,15-17H,5H2,1H3/t7-,11+,12-,13+/m1/s1. The Hall–Kier alpha value is -1.28. The van der Waals surface area contributed by atoms with Crippen LogP contribution in [0.2, 0.25) is 0 Å². The summed E-state index contributed by atoms with van der Waals surface area (Å²) in [5.74, 6) is 1.32. The summed E-state index contributed by atoms with van der Waals surface area (Å²) >= 11 is 1.25. The van der Waals surface area contributed by atoms with E-state index in [1.165, 1.54) is 11.8 Å². The van der Waals surface area contributed by atoms with Gasteiger partial charge in [0.2, 0.25) is 0 Å². The Bertz CT molecular complexity index is 616. The smallest absolute Gasteiger partial charge is 0.192 e. The van der Waals surface area contributed by atoms with Gasteiger partial charge in [0.05, 0.1) is 6.10 Å². The molecule has 2 aromatic rings. The van der Waals surface area contributed by atoms with E-state index >= 15 is 0 Å². The topological polar surface area (TPSA) is 96.0 Å². The molecule has 0 aliphatic carbocycles. The zero-order chi connectivity index (χ0) is 14.3. The van der Waals surface area contributed by atoms with Gasteiger partial charge >= 0.3 is 0 Å². The maximum absolute atomic E-state index is 9.95. The molecule has 0 radical (unpaired) electrons. The quantitative estimate of drug-likeness (QED) is 0.749. The second-order valence-electron chi connectivity index (χ2n) is 4.70. The normalized spacial score (nSPS) is 30.6. The van der Waals surface area contributed by atoms with E-state index in [4.69, 9.17) is 9.15 Å². The van der Waals surface area contributed by atoms with E-state index in [0.29, 0.717) is 28.5 Å². The van der Waals surface area contributed by atoms with Crippen LogP contribution in [-0.4, -0.2) is 49.8 Å². The van der Waals surface area contributed by atoms with Gasteiger partial charge in [-0.2, -0.15) is 0 Å². The molecule has 0 spiro atoms. The van der Waals surface area contributed by atoms with Gasteiger partial charge in [0.15, 0.2) is 28.2 Å². The number of rotatable bonds is 2. The predicted molar refractivity (Wildman–Crippen MR) is 73.6 cm³/mol. The molecule has 0 amide bonds. The summed E-state index contributed by atoms with van der Waals surface area (Å²) in [5.41, 5.74) is 0.533. The summed E-state index contributed by atoms with van der Waals surface area (Å²) < 4.78 is 11.1. The lowest BCUT2D eigenvalue weighted by atomic mass is 10.1. The molecule has 108 valence electrons. The number of aliphatic hydroxyl groups is 3. The maximum atomic E-state index is 9.95. The van der Waals surface area contributed by atoms with Crippen molar-refractivity contribution in [2.24, 2.45) is 0 Å². The summed E-state index contributed by atoms with van der Waals surface area (Å²) in [6.45, 7) is 1.74. The fourth-order valence-corrected chi connectivity index (χ4v) is 3.25. The number of fused-ring (bicyclic) bond motifs is 1. The van der Waals surface area contributed by atoms with Crippen molar-refractivity contribution in [1.82, 2.24) is 4.98 Å². The summed E-state index contributed by atoms with van der Waals surface area (Å²) in [6, 6.07) is 5.29. The van der Waals surface area contributed by atoms with Crippen molar-refractivity contribution in [2.75, 3.05) is 5.75 Å². The average Bonchev–Trinajstić information content (AvgIpc) is 2.81. The highest BCUT2D eigenvalue weighted by Gasteiger charge is 2.38. The lowest BCUT2D eigenvalue weighted by molar-refractivity contribution is -0.0784. The van der Waals surface area contributed by atoms with Crippen molar-refractivity contribution in [1.29, 1.82) is 0 Å². The largest absolute Gasteiger partial charge is 0.475 e. The molecule has 6 nitrogen and oxygen atoms in total. The third kappa shape index (κ3) is 2.37. The van der Waals surface area contributed by atoms with Crippen molar-refractivity contribution >= 4 is 22.9 Å². The highest BCUT2D eigenvalue weighted by molar-refractivity contribution is 7.99.